The van der Waals surface area contributed by atoms with Gasteiger partial charge < -0.3 is 5.32 Å². The van der Waals surface area contributed by atoms with Crippen molar-refractivity contribution in [3.63, 3.8) is 0 Å². The number of benzene rings is 2. The molecule has 0 atom stereocenters. The molecule has 0 unspecified atom stereocenters. The van der Waals surface area contributed by atoms with Crippen molar-refractivity contribution >= 4 is 23.2 Å². The first-order valence-electron chi connectivity index (χ1n) is 7.15. The van der Waals surface area contributed by atoms with E-state index in [2.05, 4.69) is 15.4 Å². The largest absolute Gasteiger partial charge is 0.323 e. The Kier molecular flexibility index (Phi) is 4.39. The van der Waals surface area contributed by atoms with Crippen LogP contribution in [0.25, 0.3) is 11.4 Å². The summed E-state index contributed by atoms with van der Waals surface area (Å²) >= 11 is 6.05. The van der Waals surface area contributed by atoms with Gasteiger partial charge in [-0.05, 0) is 19.1 Å². The first kappa shape index (κ1) is 15.2. The van der Waals surface area contributed by atoms with Gasteiger partial charge in [-0.25, -0.2) is 9.67 Å². The Morgan fingerprint density at radius 1 is 1.13 bits per heavy atom. The second-order valence-electron chi connectivity index (χ2n) is 5.03. The lowest BCUT2D eigenvalue weighted by atomic mass is 10.2. The molecule has 0 radical (unpaired) electrons. The van der Waals surface area contributed by atoms with Gasteiger partial charge in [0, 0.05) is 5.56 Å². The Labute approximate surface area is 138 Å². The zero-order valence-corrected chi connectivity index (χ0v) is 13.3. The van der Waals surface area contributed by atoms with Crippen LogP contribution in [0.2, 0.25) is 5.02 Å². The van der Waals surface area contributed by atoms with Crippen molar-refractivity contribution in [1.29, 1.82) is 0 Å². The normalized spacial score (nSPS) is 10.5. The number of rotatable bonds is 4. The average molecular weight is 327 g/mol. The van der Waals surface area contributed by atoms with Crippen LogP contribution in [0.1, 0.15) is 5.82 Å². The van der Waals surface area contributed by atoms with Crippen LogP contribution >= 0.6 is 11.6 Å². The van der Waals surface area contributed by atoms with Crippen LogP contribution < -0.4 is 5.32 Å². The molecule has 0 spiro atoms. The zero-order chi connectivity index (χ0) is 16.2. The number of halogens is 1. The van der Waals surface area contributed by atoms with Crippen LogP contribution in [0.3, 0.4) is 0 Å². The van der Waals surface area contributed by atoms with E-state index in [1.807, 2.05) is 42.5 Å². The maximum absolute atomic E-state index is 12.3. The van der Waals surface area contributed by atoms with Crippen molar-refractivity contribution < 1.29 is 4.79 Å². The Morgan fingerprint density at radius 2 is 1.83 bits per heavy atom. The van der Waals surface area contributed by atoms with Crippen molar-refractivity contribution in [2.75, 3.05) is 5.32 Å². The average Bonchev–Trinajstić information content (AvgIpc) is 2.91. The van der Waals surface area contributed by atoms with Crippen LogP contribution in [-0.4, -0.2) is 20.7 Å². The maximum Gasteiger partial charge on any atom is 0.246 e. The number of aromatic nitrogens is 3. The van der Waals surface area contributed by atoms with Gasteiger partial charge in [-0.15, -0.1) is 0 Å². The van der Waals surface area contributed by atoms with Crippen molar-refractivity contribution in [3.05, 3.63) is 65.4 Å². The van der Waals surface area contributed by atoms with E-state index in [0.29, 0.717) is 22.4 Å². The molecule has 0 aliphatic rings. The smallest absolute Gasteiger partial charge is 0.246 e. The monoisotopic (exact) mass is 326 g/mol. The molecule has 116 valence electrons. The van der Waals surface area contributed by atoms with E-state index < -0.39 is 0 Å². The molecule has 5 nitrogen and oxygen atoms in total. The molecular formula is C17H15ClN4O. The third-order valence-electron chi connectivity index (χ3n) is 3.25. The number of carbonyl (C=O) groups excluding carboxylic acids is 1. The highest BCUT2D eigenvalue weighted by Gasteiger charge is 2.13. The highest BCUT2D eigenvalue weighted by atomic mass is 35.5. The quantitative estimate of drug-likeness (QED) is 0.797. The third-order valence-corrected chi connectivity index (χ3v) is 3.58. The fourth-order valence-electron chi connectivity index (χ4n) is 2.25. The van der Waals surface area contributed by atoms with E-state index in [1.165, 1.54) is 0 Å². The molecule has 2 aromatic carbocycles. The van der Waals surface area contributed by atoms with Crippen LogP contribution in [0, 0.1) is 6.92 Å². The summed E-state index contributed by atoms with van der Waals surface area (Å²) in [4.78, 5) is 16.7. The number of hydrogen-bond acceptors (Lipinski definition) is 3. The SMILES string of the molecule is Cc1nc(-c2ccccc2)n(CC(=O)Nc2ccccc2Cl)n1. The molecule has 0 fully saturated rings. The molecule has 0 aliphatic heterocycles. The molecular weight excluding hydrogens is 312 g/mol. The van der Waals surface area contributed by atoms with Gasteiger partial charge in [0.2, 0.25) is 5.91 Å². The van der Waals surface area contributed by atoms with Gasteiger partial charge in [0.1, 0.15) is 12.4 Å². The molecule has 3 rings (SSSR count). The van der Waals surface area contributed by atoms with Crippen LogP contribution in [-0.2, 0) is 11.3 Å². The fraction of sp³-hybridized carbons (Fsp3) is 0.118. The Balaban J connectivity index is 1.81. The zero-order valence-electron chi connectivity index (χ0n) is 12.5. The van der Waals surface area contributed by atoms with E-state index in [4.69, 9.17) is 11.6 Å². The Bertz CT molecular complexity index is 830. The molecule has 3 aromatic rings. The molecule has 1 aromatic heterocycles. The molecule has 0 saturated carbocycles. The number of aryl methyl sites for hydroxylation is 1. The van der Waals surface area contributed by atoms with Crippen LogP contribution in [0.15, 0.2) is 54.6 Å². The molecule has 1 N–H and O–H groups in total. The molecule has 1 amide bonds. The maximum atomic E-state index is 12.3. The summed E-state index contributed by atoms with van der Waals surface area (Å²) < 4.78 is 1.59. The molecule has 0 bridgehead atoms. The van der Waals surface area contributed by atoms with Gasteiger partial charge in [-0.1, -0.05) is 54.1 Å². The van der Waals surface area contributed by atoms with Crippen LogP contribution in [0.4, 0.5) is 5.69 Å². The number of anilines is 1. The van der Waals surface area contributed by atoms with E-state index in [9.17, 15) is 4.79 Å². The number of carbonyl (C=O) groups is 1. The van der Waals surface area contributed by atoms with Gasteiger partial charge in [-0.2, -0.15) is 5.10 Å². The standard InChI is InChI=1S/C17H15ClN4O/c1-12-19-17(13-7-3-2-4-8-13)22(21-12)11-16(23)20-15-10-6-5-9-14(15)18/h2-10H,11H2,1H3,(H,20,23). The minimum atomic E-state index is -0.208. The van der Waals surface area contributed by atoms with Crippen molar-refractivity contribution in [2.24, 2.45) is 0 Å². The lowest BCUT2D eigenvalue weighted by Gasteiger charge is -2.08. The fourth-order valence-corrected chi connectivity index (χ4v) is 2.44. The molecule has 23 heavy (non-hydrogen) atoms. The highest BCUT2D eigenvalue weighted by molar-refractivity contribution is 6.33. The van der Waals surface area contributed by atoms with Crippen LogP contribution in [0.5, 0.6) is 0 Å². The molecule has 1 heterocycles. The Morgan fingerprint density at radius 3 is 2.57 bits per heavy atom. The number of nitrogens with one attached hydrogen (secondary N) is 1. The van der Waals surface area contributed by atoms with Crippen molar-refractivity contribution in [3.8, 4) is 11.4 Å². The van der Waals surface area contributed by atoms with Crippen molar-refractivity contribution in [2.45, 2.75) is 13.5 Å². The molecule has 0 aliphatic carbocycles. The van der Waals surface area contributed by atoms with Crippen molar-refractivity contribution in [1.82, 2.24) is 14.8 Å². The summed E-state index contributed by atoms with van der Waals surface area (Å²) in [5.41, 5.74) is 1.50. The number of para-hydroxylation sites is 1. The molecule has 6 heteroatoms. The molecule has 0 saturated heterocycles. The Hall–Kier alpha value is -2.66. The summed E-state index contributed by atoms with van der Waals surface area (Å²) in [6, 6.07) is 16.8. The first-order chi connectivity index (χ1) is 11.1. The summed E-state index contributed by atoms with van der Waals surface area (Å²) in [5.74, 6) is 1.08. The number of nitrogens with zero attached hydrogens (tertiary/aromatic N) is 3. The minimum absolute atomic E-state index is 0.0658. The second-order valence-corrected chi connectivity index (χ2v) is 5.44. The van der Waals surface area contributed by atoms with Gasteiger partial charge in [0.15, 0.2) is 5.82 Å². The number of amides is 1. The van der Waals surface area contributed by atoms with Gasteiger partial charge in [-0.3, -0.25) is 4.79 Å². The predicted octanol–water partition coefficient (Wildman–Crippen LogP) is 3.55. The summed E-state index contributed by atoms with van der Waals surface area (Å²) in [6.45, 7) is 1.87. The van der Waals surface area contributed by atoms with Gasteiger partial charge in [0.05, 0.1) is 10.7 Å². The topological polar surface area (TPSA) is 59.8 Å². The number of hydrogen-bond donors (Lipinski definition) is 1. The second kappa shape index (κ2) is 6.62. The lowest BCUT2D eigenvalue weighted by molar-refractivity contribution is -0.116. The highest BCUT2D eigenvalue weighted by Crippen LogP contribution is 2.21. The summed E-state index contributed by atoms with van der Waals surface area (Å²) in [5, 5.41) is 7.59. The van der Waals surface area contributed by atoms with E-state index >= 15 is 0 Å². The minimum Gasteiger partial charge on any atom is -0.323 e. The summed E-state index contributed by atoms with van der Waals surface area (Å²) in [6.07, 6.45) is 0. The third kappa shape index (κ3) is 3.57. The van der Waals surface area contributed by atoms with Gasteiger partial charge >= 0.3 is 0 Å². The van der Waals surface area contributed by atoms with E-state index in [0.717, 1.165) is 5.56 Å². The van der Waals surface area contributed by atoms with E-state index in [-0.39, 0.29) is 12.5 Å². The lowest BCUT2D eigenvalue weighted by Crippen LogP contribution is -2.20. The first-order valence-corrected chi connectivity index (χ1v) is 7.52. The predicted molar refractivity (Wildman–Crippen MR) is 90.3 cm³/mol. The van der Waals surface area contributed by atoms with E-state index in [1.54, 1.807) is 23.7 Å². The van der Waals surface area contributed by atoms with Gasteiger partial charge in [0.25, 0.3) is 0 Å². The summed E-state index contributed by atoms with van der Waals surface area (Å²) in [7, 11) is 0.